The largest absolute Gasteiger partial charge is 0.395 e. The van der Waals surface area contributed by atoms with Crippen molar-refractivity contribution in [1.82, 2.24) is 9.88 Å². The van der Waals surface area contributed by atoms with E-state index in [2.05, 4.69) is 46.3 Å². The summed E-state index contributed by atoms with van der Waals surface area (Å²) in [6, 6.07) is 9.24. The zero-order valence-corrected chi connectivity index (χ0v) is 17.2. The lowest BCUT2D eigenvalue weighted by Crippen LogP contribution is -2.31. The fraction of sp³-hybridized carbons (Fsp3) is 0.480. The molecule has 1 fully saturated rings. The number of aliphatic imine (C=N–C) groups is 1. The van der Waals surface area contributed by atoms with E-state index in [9.17, 15) is 5.11 Å². The smallest absolute Gasteiger partial charge is 0.0649 e. The molecule has 1 aromatic carbocycles. The van der Waals surface area contributed by atoms with Crippen LogP contribution in [0.1, 0.15) is 56.2 Å². The van der Waals surface area contributed by atoms with Crippen molar-refractivity contribution in [1.29, 1.82) is 0 Å². The first-order valence-electron chi connectivity index (χ1n) is 11.2. The third-order valence-corrected chi connectivity index (χ3v) is 6.73. The number of dihydropyridines is 1. The van der Waals surface area contributed by atoms with Gasteiger partial charge in [0.05, 0.1) is 12.3 Å². The van der Waals surface area contributed by atoms with Gasteiger partial charge in [-0.25, -0.2) is 0 Å². The molecule has 1 atom stereocenters. The second-order valence-corrected chi connectivity index (χ2v) is 8.71. The zero-order chi connectivity index (χ0) is 19.6. The van der Waals surface area contributed by atoms with Gasteiger partial charge in [-0.3, -0.25) is 9.89 Å². The first kappa shape index (κ1) is 18.8. The quantitative estimate of drug-likeness (QED) is 0.776. The van der Waals surface area contributed by atoms with Gasteiger partial charge in [-0.05, 0) is 86.9 Å². The Morgan fingerprint density at radius 3 is 2.93 bits per heavy atom. The second kappa shape index (κ2) is 8.29. The van der Waals surface area contributed by atoms with Crippen LogP contribution in [0.2, 0.25) is 0 Å². The number of hydrogen-bond donors (Lipinski definition) is 2. The van der Waals surface area contributed by atoms with E-state index in [1.165, 1.54) is 59.8 Å². The Bertz CT molecular complexity index is 981. The zero-order valence-electron chi connectivity index (χ0n) is 17.2. The number of likely N-dealkylation sites (tertiary alicyclic amines) is 1. The average Bonchev–Trinajstić information content (AvgIpc) is 3.40. The summed E-state index contributed by atoms with van der Waals surface area (Å²) in [6.07, 6.45) is 13.2. The third-order valence-electron chi connectivity index (χ3n) is 6.73. The summed E-state index contributed by atoms with van der Waals surface area (Å²) in [5.74, 6) is 0. The molecule has 0 unspecified atom stereocenters. The molecule has 0 bridgehead atoms. The lowest BCUT2D eigenvalue weighted by molar-refractivity contribution is 0.152. The fourth-order valence-electron chi connectivity index (χ4n) is 5.10. The number of aliphatic hydroxyl groups is 1. The summed E-state index contributed by atoms with van der Waals surface area (Å²) >= 11 is 0. The highest BCUT2D eigenvalue weighted by Gasteiger charge is 2.24. The minimum absolute atomic E-state index is 0.259. The number of benzene rings is 1. The van der Waals surface area contributed by atoms with Gasteiger partial charge in [-0.15, -0.1) is 0 Å². The van der Waals surface area contributed by atoms with Crippen LogP contribution in [-0.2, 0) is 6.54 Å². The molecule has 3 aliphatic rings. The van der Waals surface area contributed by atoms with Crippen LogP contribution >= 0.6 is 0 Å². The van der Waals surface area contributed by atoms with E-state index >= 15 is 0 Å². The van der Waals surface area contributed by atoms with Crippen molar-refractivity contribution in [3.05, 3.63) is 58.8 Å². The summed E-state index contributed by atoms with van der Waals surface area (Å²) in [6.45, 7) is 3.11. The molecule has 4 heteroatoms. The minimum Gasteiger partial charge on any atom is -0.395 e. The standard InChI is InChI=1S/C25H31N3O/c29-17-23-7-4-12-28(23)16-22-14-21-13-20(8-9-24(21)27-22)25-15-19(10-11-26-25)18-5-2-1-3-6-18/h5,8-9,13-15,23,27,29H,1-4,6-7,10-12,16-17H2/t23-/m1/s1. The number of H-pyrrole nitrogens is 1. The molecule has 0 amide bonds. The number of aromatic nitrogens is 1. The van der Waals surface area contributed by atoms with Gasteiger partial charge < -0.3 is 10.1 Å². The van der Waals surface area contributed by atoms with Crippen molar-refractivity contribution in [2.45, 2.75) is 57.5 Å². The number of nitrogens with one attached hydrogen (secondary N) is 1. The van der Waals surface area contributed by atoms with E-state index in [-0.39, 0.29) is 6.61 Å². The summed E-state index contributed by atoms with van der Waals surface area (Å²) in [4.78, 5) is 10.8. The topological polar surface area (TPSA) is 51.6 Å². The van der Waals surface area contributed by atoms with E-state index in [1.807, 2.05) is 0 Å². The molecule has 4 nitrogen and oxygen atoms in total. The number of fused-ring (bicyclic) bond motifs is 1. The van der Waals surface area contributed by atoms with Gasteiger partial charge in [0, 0.05) is 41.3 Å². The lowest BCUT2D eigenvalue weighted by Gasteiger charge is -2.21. The molecule has 1 saturated heterocycles. The van der Waals surface area contributed by atoms with Crippen LogP contribution < -0.4 is 0 Å². The Balaban J connectivity index is 1.38. The molecular formula is C25H31N3O. The predicted molar refractivity (Wildman–Crippen MR) is 119 cm³/mol. The van der Waals surface area contributed by atoms with Crippen LogP contribution in [-0.4, -0.2) is 46.4 Å². The van der Waals surface area contributed by atoms with Crippen molar-refractivity contribution in [2.24, 2.45) is 4.99 Å². The van der Waals surface area contributed by atoms with Gasteiger partial charge in [-0.2, -0.15) is 0 Å². The van der Waals surface area contributed by atoms with Crippen LogP contribution in [0, 0.1) is 0 Å². The van der Waals surface area contributed by atoms with E-state index in [4.69, 9.17) is 4.99 Å². The van der Waals surface area contributed by atoms with E-state index in [0.717, 1.165) is 38.2 Å². The molecule has 1 aliphatic carbocycles. The molecular weight excluding hydrogens is 358 g/mol. The van der Waals surface area contributed by atoms with E-state index in [0.29, 0.717) is 6.04 Å². The van der Waals surface area contributed by atoms with Crippen LogP contribution in [0.15, 0.2) is 52.6 Å². The Morgan fingerprint density at radius 1 is 1.10 bits per heavy atom. The minimum atomic E-state index is 0.259. The highest BCUT2D eigenvalue weighted by molar-refractivity contribution is 6.11. The normalized spacial score (nSPS) is 23.2. The molecule has 0 spiro atoms. The number of allylic oxidation sites excluding steroid dienone is 3. The summed E-state index contributed by atoms with van der Waals surface area (Å²) in [5, 5.41) is 10.8. The van der Waals surface area contributed by atoms with Gasteiger partial charge in [0.15, 0.2) is 0 Å². The Morgan fingerprint density at radius 2 is 2.07 bits per heavy atom. The van der Waals surface area contributed by atoms with Crippen LogP contribution in [0.25, 0.3) is 10.9 Å². The molecule has 2 aliphatic heterocycles. The number of aromatic amines is 1. The maximum absolute atomic E-state index is 9.58. The first-order valence-corrected chi connectivity index (χ1v) is 11.2. The second-order valence-electron chi connectivity index (χ2n) is 8.71. The van der Waals surface area contributed by atoms with Crippen LogP contribution in [0.3, 0.4) is 0 Å². The number of rotatable bonds is 5. The molecule has 0 radical (unpaired) electrons. The van der Waals surface area contributed by atoms with E-state index < -0.39 is 0 Å². The summed E-state index contributed by atoms with van der Waals surface area (Å²) in [5.41, 5.74) is 7.80. The van der Waals surface area contributed by atoms with Gasteiger partial charge >= 0.3 is 0 Å². The monoisotopic (exact) mass is 389 g/mol. The summed E-state index contributed by atoms with van der Waals surface area (Å²) < 4.78 is 0. The molecule has 29 heavy (non-hydrogen) atoms. The Labute approximate surface area is 173 Å². The van der Waals surface area contributed by atoms with Crippen molar-refractivity contribution >= 4 is 16.6 Å². The third kappa shape index (κ3) is 3.96. The highest BCUT2D eigenvalue weighted by Crippen LogP contribution is 2.29. The maximum Gasteiger partial charge on any atom is 0.0649 e. The predicted octanol–water partition coefficient (Wildman–Crippen LogP) is 4.74. The van der Waals surface area contributed by atoms with Crippen LogP contribution in [0.4, 0.5) is 0 Å². The number of hydrogen-bond acceptors (Lipinski definition) is 3. The van der Waals surface area contributed by atoms with Crippen molar-refractivity contribution in [3.63, 3.8) is 0 Å². The molecule has 152 valence electrons. The SMILES string of the molecule is OC[C@H]1CCCN1Cc1cc2cc(C3=NCCC(C4=CCCCC4)=C3)ccc2[nH]1. The maximum atomic E-state index is 9.58. The van der Waals surface area contributed by atoms with Gasteiger partial charge in [0.25, 0.3) is 0 Å². The summed E-state index contributed by atoms with van der Waals surface area (Å²) in [7, 11) is 0. The molecule has 5 rings (SSSR count). The van der Waals surface area contributed by atoms with Crippen LogP contribution in [0.5, 0.6) is 0 Å². The number of aliphatic hydroxyl groups excluding tert-OH is 1. The van der Waals surface area contributed by atoms with Crippen molar-refractivity contribution < 1.29 is 5.11 Å². The average molecular weight is 390 g/mol. The van der Waals surface area contributed by atoms with Gasteiger partial charge in [0.1, 0.15) is 0 Å². The van der Waals surface area contributed by atoms with Gasteiger partial charge in [-0.1, -0.05) is 12.1 Å². The molecule has 2 aromatic rings. The van der Waals surface area contributed by atoms with Crippen molar-refractivity contribution in [3.8, 4) is 0 Å². The first-order chi connectivity index (χ1) is 14.3. The van der Waals surface area contributed by atoms with Crippen molar-refractivity contribution in [2.75, 3.05) is 19.7 Å². The van der Waals surface area contributed by atoms with Gasteiger partial charge in [0.2, 0.25) is 0 Å². The Hall–Kier alpha value is -2.17. The van der Waals surface area contributed by atoms with E-state index in [1.54, 1.807) is 5.57 Å². The molecule has 3 heterocycles. The fourth-order valence-corrected chi connectivity index (χ4v) is 5.10. The molecule has 0 saturated carbocycles. The Kier molecular flexibility index (Phi) is 5.38. The number of nitrogens with zero attached hydrogens (tertiary/aromatic N) is 2. The highest BCUT2D eigenvalue weighted by atomic mass is 16.3. The molecule has 2 N–H and O–H groups in total. The molecule has 1 aromatic heterocycles. The lowest BCUT2D eigenvalue weighted by atomic mass is 9.89.